The van der Waals surface area contributed by atoms with E-state index < -0.39 is 0 Å². The maximum atomic E-state index is 12.2. The van der Waals surface area contributed by atoms with E-state index in [9.17, 15) is 9.59 Å². The van der Waals surface area contributed by atoms with E-state index in [0.29, 0.717) is 12.2 Å². The summed E-state index contributed by atoms with van der Waals surface area (Å²) in [6.07, 6.45) is 0. The summed E-state index contributed by atoms with van der Waals surface area (Å²) in [5, 5.41) is 7.65. The maximum Gasteiger partial charge on any atom is 0.279 e. The van der Waals surface area contributed by atoms with Crippen LogP contribution in [0.15, 0.2) is 41.8 Å². The minimum absolute atomic E-state index is 0.00863. The van der Waals surface area contributed by atoms with Crippen LogP contribution in [0.3, 0.4) is 0 Å². The SMILES string of the molecule is CC[NH+](CC(=O)Nc1ccc(NC(C)=O)cc1)Cc1cccs1. The van der Waals surface area contributed by atoms with Crippen LogP contribution < -0.4 is 15.5 Å². The number of thiophene rings is 1. The number of rotatable bonds is 7. The summed E-state index contributed by atoms with van der Waals surface area (Å²) in [6.45, 7) is 5.74. The molecule has 1 aromatic heterocycles. The zero-order chi connectivity index (χ0) is 16.7. The molecule has 0 saturated heterocycles. The Morgan fingerprint density at radius 2 is 1.74 bits per heavy atom. The Bertz CT molecular complexity index is 638. The molecule has 0 bridgehead atoms. The average molecular weight is 332 g/mol. The van der Waals surface area contributed by atoms with Gasteiger partial charge < -0.3 is 15.5 Å². The van der Waals surface area contributed by atoms with Gasteiger partial charge in [0.25, 0.3) is 5.91 Å². The summed E-state index contributed by atoms with van der Waals surface area (Å²) in [5.41, 5.74) is 1.45. The van der Waals surface area contributed by atoms with Crippen molar-refractivity contribution in [1.82, 2.24) is 0 Å². The monoisotopic (exact) mass is 332 g/mol. The van der Waals surface area contributed by atoms with E-state index in [4.69, 9.17) is 0 Å². The Morgan fingerprint density at radius 1 is 1.09 bits per heavy atom. The molecule has 2 aromatic rings. The molecule has 1 atom stereocenters. The Hall–Kier alpha value is -2.18. The summed E-state index contributed by atoms with van der Waals surface area (Å²) in [5.74, 6) is -0.122. The fourth-order valence-electron chi connectivity index (χ4n) is 2.24. The molecule has 0 fully saturated rings. The van der Waals surface area contributed by atoms with Crippen LogP contribution in [0.2, 0.25) is 0 Å². The molecule has 0 radical (unpaired) electrons. The van der Waals surface area contributed by atoms with Gasteiger partial charge in [0.15, 0.2) is 6.54 Å². The highest BCUT2D eigenvalue weighted by Gasteiger charge is 2.13. The first-order valence-corrected chi connectivity index (χ1v) is 8.48. The number of likely N-dealkylation sites (N-methyl/N-ethyl adjacent to an activating group) is 1. The first-order valence-electron chi connectivity index (χ1n) is 7.60. The lowest BCUT2D eigenvalue weighted by molar-refractivity contribution is -0.903. The molecule has 3 N–H and O–H groups in total. The summed E-state index contributed by atoms with van der Waals surface area (Å²) < 4.78 is 0. The summed E-state index contributed by atoms with van der Waals surface area (Å²) >= 11 is 1.72. The first-order chi connectivity index (χ1) is 11.1. The summed E-state index contributed by atoms with van der Waals surface area (Å²) in [7, 11) is 0. The Labute approximate surface area is 140 Å². The van der Waals surface area contributed by atoms with Gasteiger partial charge in [-0.2, -0.15) is 0 Å². The van der Waals surface area contributed by atoms with Crippen molar-refractivity contribution < 1.29 is 14.5 Å². The molecule has 0 aliphatic rings. The van der Waals surface area contributed by atoms with Crippen molar-refractivity contribution in [3.8, 4) is 0 Å². The van der Waals surface area contributed by atoms with Crippen LogP contribution in [0, 0.1) is 0 Å². The average Bonchev–Trinajstić information content (AvgIpc) is 3.01. The summed E-state index contributed by atoms with van der Waals surface area (Å²) in [4.78, 5) is 25.7. The third-order valence-electron chi connectivity index (χ3n) is 3.40. The number of amides is 2. The third kappa shape index (κ3) is 5.84. The van der Waals surface area contributed by atoms with Crippen molar-refractivity contribution in [2.45, 2.75) is 20.4 Å². The number of hydrogen-bond donors (Lipinski definition) is 3. The molecular formula is C17H22N3O2S+. The van der Waals surface area contributed by atoms with Gasteiger partial charge in [0, 0.05) is 18.3 Å². The van der Waals surface area contributed by atoms with E-state index >= 15 is 0 Å². The highest BCUT2D eigenvalue weighted by Crippen LogP contribution is 2.13. The minimum Gasteiger partial charge on any atom is -0.326 e. The smallest absolute Gasteiger partial charge is 0.279 e. The van der Waals surface area contributed by atoms with Crippen LogP contribution >= 0.6 is 11.3 Å². The fraction of sp³-hybridized carbons (Fsp3) is 0.294. The number of hydrogen-bond acceptors (Lipinski definition) is 3. The van der Waals surface area contributed by atoms with Crippen molar-refractivity contribution in [1.29, 1.82) is 0 Å². The van der Waals surface area contributed by atoms with E-state index in [1.807, 2.05) is 6.07 Å². The Balaban J connectivity index is 1.86. The van der Waals surface area contributed by atoms with Gasteiger partial charge in [-0.05, 0) is 42.6 Å². The van der Waals surface area contributed by atoms with Crippen LogP contribution in [0.4, 0.5) is 11.4 Å². The molecule has 0 aliphatic carbocycles. The highest BCUT2D eigenvalue weighted by atomic mass is 32.1. The second-order valence-corrected chi connectivity index (χ2v) is 6.38. The van der Waals surface area contributed by atoms with Crippen LogP contribution in [-0.2, 0) is 16.1 Å². The lowest BCUT2D eigenvalue weighted by Crippen LogP contribution is -3.11. The fourth-order valence-corrected chi connectivity index (χ4v) is 3.02. The highest BCUT2D eigenvalue weighted by molar-refractivity contribution is 7.09. The zero-order valence-corrected chi connectivity index (χ0v) is 14.2. The molecule has 2 amide bonds. The largest absolute Gasteiger partial charge is 0.326 e. The molecule has 1 unspecified atom stereocenters. The van der Waals surface area contributed by atoms with Gasteiger partial charge in [0.2, 0.25) is 5.91 Å². The Morgan fingerprint density at radius 3 is 2.26 bits per heavy atom. The zero-order valence-electron chi connectivity index (χ0n) is 13.4. The van der Waals surface area contributed by atoms with Gasteiger partial charge in [-0.3, -0.25) is 9.59 Å². The van der Waals surface area contributed by atoms with Gasteiger partial charge in [-0.25, -0.2) is 0 Å². The van der Waals surface area contributed by atoms with E-state index in [1.54, 1.807) is 35.6 Å². The molecule has 1 heterocycles. The van der Waals surface area contributed by atoms with Crippen LogP contribution in [0.5, 0.6) is 0 Å². The van der Waals surface area contributed by atoms with E-state index in [2.05, 4.69) is 29.0 Å². The number of anilines is 2. The van der Waals surface area contributed by atoms with E-state index in [-0.39, 0.29) is 11.8 Å². The molecule has 2 rings (SSSR count). The van der Waals surface area contributed by atoms with Crippen molar-refractivity contribution in [2.24, 2.45) is 0 Å². The van der Waals surface area contributed by atoms with Gasteiger partial charge in [0.1, 0.15) is 6.54 Å². The van der Waals surface area contributed by atoms with Gasteiger partial charge in [0.05, 0.1) is 11.4 Å². The standard InChI is InChI=1S/C17H21N3O2S/c1-3-20(11-16-5-4-10-23-16)12-17(22)19-15-8-6-14(7-9-15)18-13(2)21/h4-10H,3,11-12H2,1-2H3,(H,18,21)(H,19,22)/p+1. The van der Waals surface area contributed by atoms with E-state index in [1.165, 1.54) is 16.7 Å². The number of benzene rings is 1. The second kappa shape index (κ2) is 8.45. The molecule has 0 spiro atoms. The maximum absolute atomic E-state index is 12.2. The minimum atomic E-state index is -0.113. The van der Waals surface area contributed by atoms with Crippen LogP contribution in [-0.4, -0.2) is 24.9 Å². The second-order valence-electron chi connectivity index (χ2n) is 5.34. The number of carbonyl (C=O) groups is 2. The molecule has 0 aliphatic heterocycles. The van der Waals surface area contributed by atoms with E-state index in [0.717, 1.165) is 18.8 Å². The number of carbonyl (C=O) groups excluding carboxylic acids is 2. The number of nitrogens with one attached hydrogen (secondary N) is 3. The van der Waals surface area contributed by atoms with Crippen molar-refractivity contribution >= 4 is 34.5 Å². The predicted octanol–water partition coefficient (Wildman–Crippen LogP) is 1.75. The molecular weight excluding hydrogens is 310 g/mol. The molecule has 122 valence electrons. The van der Waals surface area contributed by atoms with Crippen molar-refractivity contribution in [3.63, 3.8) is 0 Å². The van der Waals surface area contributed by atoms with Crippen LogP contribution in [0.1, 0.15) is 18.7 Å². The molecule has 5 nitrogen and oxygen atoms in total. The molecule has 23 heavy (non-hydrogen) atoms. The molecule has 1 aromatic carbocycles. The predicted molar refractivity (Wildman–Crippen MR) is 93.8 cm³/mol. The Kier molecular flexibility index (Phi) is 6.31. The topological polar surface area (TPSA) is 62.6 Å². The van der Waals surface area contributed by atoms with Crippen LogP contribution in [0.25, 0.3) is 0 Å². The molecule has 0 saturated carbocycles. The quantitative estimate of drug-likeness (QED) is 0.723. The number of quaternary nitrogens is 1. The van der Waals surface area contributed by atoms with Crippen molar-refractivity contribution in [3.05, 3.63) is 46.7 Å². The summed E-state index contributed by atoms with van der Waals surface area (Å²) in [6, 6.07) is 11.2. The lowest BCUT2D eigenvalue weighted by atomic mass is 10.2. The normalized spacial score (nSPS) is 11.7. The van der Waals surface area contributed by atoms with Gasteiger partial charge in [-0.1, -0.05) is 6.07 Å². The lowest BCUT2D eigenvalue weighted by Gasteiger charge is -2.16. The molecule has 6 heteroatoms. The first kappa shape index (κ1) is 17.2. The van der Waals surface area contributed by atoms with Gasteiger partial charge >= 0.3 is 0 Å². The third-order valence-corrected chi connectivity index (χ3v) is 4.28. The van der Waals surface area contributed by atoms with Crippen molar-refractivity contribution in [2.75, 3.05) is 23.7 Å². The van der Waals surface area contributed by atoms with Gasteiger partial charge in [-0.15, -0.1) is 11.3 Å².